The number of hydrogen-bond acceptors (Lipinski definition) is 6. The summed E-state index contributed by atoms with van der Waals surface area (Å²) in [7, 11) is 0. The van der Waals surface area contributed by atoms with Gasteiger partial charge in [-0.05, 0) is 207 Å². The number of esters is 1. The van der Waals surface area contributed by atoms with E-state index in [1.54, 1.807) is 0 Å². The van der Waals surface area contributed by atoms with Crippen LogP contribution in [0.3, 0.4) is 0 Å². The van der Waals surface area contributed by atoms with Crippen molar-refractivity contribution in [1.29, 1.82) is 0 Å². The third kappa shape index (κ3) is 7.12. The van der Waals surface area contributed by atoms with Gasteiger partial charge in [0.25, 0.3) is 0 Å². The molecule has 8 fully saturated rings. The number of carboxylic acids is 1. The highest BCUT2D eigenvalue weighted by Gasteiger charge is 2.67. The summed E-state index contributed by atoms with van der Waals surface area (Å²) in [5.41, 5.74) is 0.715. The van der Waals surface area contributed by atoms with E-state index >= 15 is 0 Å². The zero-order valence-corrected chi connectivity index (χ0v) is 38.5. The number of aliphatic carboxylic acids is 1. The van der Waals surface area contributed by atoms with Gasteiger partial charge in [0, 0.05) is 12.8 Å². The minimum Gasteiger partial charge on any atom is -0.481 e. The molecule has 7 heteroatoms. The van der Waals surface area contributed by atoms with E-state index in [0.717, 1.165) is 83.5 Å². The Morgan fingerprint density at radius 3 is 1.51 bits per heavy atom. The van der Waals surface area contributed by atoms with Gasteiger partial charge >= 0.3 is 11.9 Å². The van der Waals surface area contributed by atoms with Crippen LogP contribution < -0.4 is 0 Å². The van der Waals surface area contributed by atoms with Crippen LogP contribution in [-0.2, 0) is 14.3 Å². The van der Waals surface area contributed by atoms with Crippen molar-refractivity contribution in [3.05, 3.63) is 0 Å². The molecular weight excluding hydrogens is 737 g/mol. The van der Waals surface area contributed by atoms with E-state index in [0.29, 0.717) is 77.4 Å². The predicted molar refractivity (Wildman–Crippen MR) is 232 cm³/mol. The lowest BCUT2D eigenvalue weighted by atomic mass is 9.41. The minimum absolute atomic E-state index is 0.0365. The van der Waals surface area contributed by atoms with Crippen LogP contribution in [0.4, 0.5) is 0 Å². The third-order valence-electron chi connectivity index (χ3n) is 22.2. The van der Waals surface area contributed by atoms with Crippen molar-refractivity contribution in [1.82, 2.24) is 0 Å². The summed E-state index contributed by atoms with van der Waals surface area (Å²) >= 11 is 0. The van der Waals surface area contributed by atoms with Crippen LogP contribution in [0.5, 0.6) is 0 Å². The fraction of sp³-hybridized carbons (Fsp3) is 0.962. The minimum atomic E-state index is -0.695. The second-order valence-electron chi connectivity index (χ2n) is 24.1. The van der Waals surface area contributed by atoms with Gasteiger partial charge in [0.1, 0.15) is 6.10 Å². The highest BCUT2D eigenvalue weighted by Crippen LogP contribution is 2.71. The molecule has 0 radical (unpaired) electrons. The molecule has 0 aromatic rings. The number of carbonyl (C=O) groups is 2. The van der Waals surface area contributed by atoms with Crippen LogP contribution in [0.25, 0.3) is 0 Å². The third-order valence-corrected chi connectivity index (χ3v) is 22.2. The number of fused-ring (bicyclic) bond motifs is 10. The second kappa shape index (κ2) is 16.4. The Morgan fingerprint density at radius 1 is 0.576 bits per heavy atom. The van der Waals surface area contributed by atoms with Gasteiger partial charge < -0.3 is 25.2 Å². The molecule has 8 rings (SSSR count). The Bertz CT molecular complexity index is 1530. The molecule has 0 aromatic carbocycles. The first kappa shape index (κ1) is 44.4. The summed E-state index contributed by atoms with van der Waals surface area (Å²) < 4.78 is 6.42. The van der Waals surface area contributed by atoms with Crippen LogP contribution in [-0.4, -0.2) is 56.8 Å². The maximum absolute atomic E-state index is 13.7. The molecule has 2 unspecified atom stereocenters. The van der Waals surface area contributed by atoms with Gasteiger partial charge in [0.15, 0.2) is 0 Å². The van der Waals surface area contributed by atoms with E-state index in [1.165, 1.54) is 32.1 Å². The molecule has 7 nitrogen and oxygen atoms in total. The quantitative estimate of drug-likeness (QED) is 0.153. The molecule has 0 spiro atoms. The van der Waals surface area contributed by atoms with Crippen LogP contribution in [0, 0.1) is 105 Å². The first-order chi connectivity index (χ1) is 27.9. The SMILES string of the molecule is CC[C@H]1[C@@H](O)[C@@H]2[C@H](CC[C@]3(C)[C@@H](C(C)CCC(=O)O[C@@H]4CC[C@@]5(C)[C@@H](C4)[C@@H](CC)[C@@H](O)[C@@H]4[C@@H]5CC[C@]5(C)[C@@H](C(C)CCC(=O)O)CC[C@@H]45)CC[C@@H]23)[C@@]2(C)CC[C@@H](O)C[C@@H]12. The van der Waals surface area contributed by atoms with Gasteiger partial charge in [-0.25, -0.2) is 0 Å². The molecule has 59 heavy (non-hydrogen) atoms. The van der Waals surface area contributed by atoms with Gasteiger partial charge in [-0.3, -0.25) is 9.59 Å². The van der Waals surface area contributed by atoms with Crippen molar-refractivity contribution >= 4 is 11.9 Å². The Kier molecular flexibility index (Phi) is 12.4. The van der Waals surface area contributed by atoms with Gasteiger partial charge in [0.05, 0.1) is 18.3 Å². The largest absolute Gasteiger partial charge is 0.481 e. The fourth-order valence-corrected chi connectivity index (χ4v) is 19.3. The molecule has 22 atom stereocenters. The lowest BCUT2D eigenvalue weighted by Gasteiger charge is -2.65. The zero-order valence-electron chi connectivity index (χ0n) is 38.5. The van der Waals surface area contributed by atoms with Gasteiger partial charge in [-0.2, -0.15) is 0 Å². The number of hydrogen-bond donors (Lipinski definition) is 4. The van der Waals surface area contributed by atoms with E-state index in [1.807, 2.05) is 0 Å². The van der Waals surface area contributed by atoms with Crippen molar-refractivity contribution in [2.75, 3.05) is 0 Å². The predicted octanol–water partition coefficient (Wildman–Crippen LogP) is 10.7. The fourth-order valence-electron chi connectivity index (χ4n) is 19.3. The monoisotopic (exact) mass is 823 g/mol. The highest BCUT2D eigenvalue weighted by atomic mass is 16.5. The molecule has 8 aliphatic carbocycles. The van der Waals surface area contributed by atoms with E-state index < -0.39 is 5.97 Å². The van der Waals surface area contributed by atoms with Gasteiger partial charge in [-0.15, -0.1) is 0 Å². The molecular formula is C52H86O7. The van der Waals surface area contributed by atoms with Crippen LogP contribution >= 0.6 is 0 Å². The second-order valence-corrected chi connectivity index (χ2v) is 24.1. The number of ether oxygens (including phenoxy) is 1. The van der Waals surface area contributed by atoms with E-state index in [9.17, 15) is 30.0 Å². The standard InChI is InChI=1S/C52H86O7/c1-9-33-41-27-31(53)19-23-51(41,7)39-21-25-50(6)36(14-16-37(50)45(39)47(33)57)30(4)12-18-44(56)59-32-20-24-52(8)40-22-26-49(5)35(29(3)11-17-43(54)55)13-15-38(49)46(40)48(58)34(10-2)42(52)28-32/h29-42,45-48,53,57-58H,9-28H2,1-8H3,(H,54,55)/t29?,30?,31-,32-,33-,34-,35-,36-,37+,38+,39+,40+,41+,42+,45+,46+,47-,48-,49-,50-,51-,52-/m1/s1. The van der Waals surface area contributed by atoms with E-state index in [-0.39, 0.29) is 70.3 Å². The van der Waals surface area contributed by atoms with E-state index in [4.69, 9.17) is 4.74 Å². The Hall–Kier alpha value is -1.18. The Balaban J connectivity index is 0.881. The molecule has 4 N–H and O–H groups in total. The van der Waals surface area contributed by atoms with Crippen LogP contribution in [0.2, 0.25) is 0 Å². The normalized spacial score (nSPS) is 52.5. The van der Waals surface area contributed by atoms with Gasteiger partial charge in [-0.1, -0.05) is 68.2 Å². The molecule has 0 bridgehead atoms. The highest BCUT2D eigenvalue weighted by molar-refractivity contribution is 5.69. The number of rotatable bonds is 11. The number of carbonyl (C=O) groups excluding carboxylic acids is 1. The first-order valence-corrected chi connectivity index (χ1v) is 25.4. The lowest BCUT2D eigenvalue weighted by Crippen LogP contribution is -2.62. The topological polar surface area (TPSA) is 124 Å². The van der Waals surface area contributed by atoms with Crippen molar-refractivity contribution in [3.8, 4) is 0 Å². The number of carboxylic acid groups (broad SMARTS) is 1. The summed E-state index contributed by atoms with van der Waals surface area (Å²) in [5, 5.41) is 44.6. The maximum Gasteiger partial charge on any atom is 0.306 e. The molecule has 0 amide bonds. The Labute approximate surface area is 358 Å². The smallest absolute Gasteiger partial charge is 0.306 e. The molecule has 0 heterocycles. The molecule has 0 aliphatic heterocycles. The zero-order chi connectivity index (χ0) is 42.4. The lowest BCUT2D eigenvalue weighted by molar-refractivity contribution is -0.207. The molecule has 8 saturated carbocycles. The van der Waals surface area contributed by atoms with Crippen molar-refractivity contribution in [2.24, 2.45) is 105 Å². The van der Waals surface area contributed by atoms with Crippen molar-refractivity contribution < 1.29 is 34.8 Å². The van der Waals surface area contributed by atoms with Crippen molar-refractivity contribution in [3.63, 3.8) is 0 Å². The maximum atomic E-state index is 13.7. The van der Waals surface area contributed by atoms with Crippen LogP contribution in [0.15, 0.2) is 0 Å². The van der Waals surface area contributed by atoms with Crippen molar-refractivity contribution in [2.45, 2.75) is 208 Å². The summed E-state index contributed by atoms with van der Waals surface area (Å²) in [6.45, 7) is 19.3. The number of aliphatic hydroxyl groups is 3. The first-order valence-electron chi connectivity index (χ1n) is 25.4. The molecule has 0 saturated heterocycles. The van der Waals surface area contributed by atoms with E-state index in [2.05, 4.69) is 55.4 Å². The summed E-state index contributed by atoms with van der Waals surface area (Å²) in [5.74, 6) is 5.15. The molecule has 336 valence electrons. The molecule has 0 aromatic heterocycles. The average molecular weight is 823 g/mol. The van der Waals surface area contributed by atoms with Gasteiger partial charge in [0.2, 0.25) is 0 Å². The van der Waals surface area contributed by atoms with Crippen LogP contribution in [0.1, 0.15) is 184 Å². The average Bonchev–Trinajstić information content (AvgIpc) is 3.74. The number of aliphatic hydroxyl groups excluding tert-OH is 3. The summed E-state index contributed by atoms with van der Waals surface area (Å²) in [4.78, 5) is 25.2. The summed E-state index contributed by atoms with van der Waals surface area (Å²) in [6, 6.07) is 0. The summed E-state index contributed by atoms with van der Waals surface area (Å²) in [6.07, 6.45) is 18.5. The molecule has 8 aliphatic rings. The Morgan fingerprint density at radius 2 is 1.02 bits per heavy atom.